The van der Waals surface area contributed by atoms with Gasteiger partial charge in [-0.25, -0.2) is 0 Å². The molecular weight excluding hydrogens is 224 g/mol. The fraction of sp³-hybridized carbons (Fsp3) is 0.833. The Labute approximate surface area is 102 Å². The zero-order valence-electron chi connectivity index (χ0n) is 10.9. The minimum absolute atomic E-state index is 0.0286. The maximum atomic E-state index is 11.3. The number of hydrogen-bond donors (Lipinski definition) is 0. The lowest BCUT2D eigenvalue weighted by Gasteiger charge is -2.07. The van der Waals surface area contributed by atoms with Crippen molar-refractivity contribution in [2.24, 2.45) is 0 Å². The van der Waals surface area contributed by atoms with Gasteiger partial charge in [-0.05, 0) is 20.8 Å². The van der Waals surface area contributed by atoms with Crippen LogP contribution in [0.25, 0.3) is 0 Å². The quantitative estimate of drug-likeness (QED) is 0.430. The fourth-order valence-electron chi connectivity index (χ4n) is 1.08. The highest BCUT2D eigenvalue weighted by Crippen LogP contribution is 1.95. The Hall–Kier alpha value is -0.940. The maximum Gasteiger partial charge on any atom is 0.306 e. The van der Waals surface area contributed by atoms with E-state index in [9.17, 15) is 9.59 Å². The number of esters is 1. The van der Waals surface area contributed by atoms with Gasteiger partial charge in [0.15, 0.2) is 5.78 Å². The van der Waals surface area contributed by atoms with E-state index in [1.807, 2.05) is 13.8 Å². The van der Waals surface area contributed by atoms with Crippen molar-refractivity contribution in [3.63, 3.8) is 0 Å². The predicted octanol–water partition coefficient (Wildman–Crippen LogP) is 1.34. The largest absolute Gasteiger partial charge is 0.466 e. The summed E-state index contributed by atoms with van der Waals surface area (Å²) in [7, 11) is 0. The number of rotatable bonds is 10. The summed E-state index contributed by atoms with van der Waals surface area (Å²) in [5, 5.41) is 0. The summed E-state index contributed by atoms with van der Waals surface area (Å²) in [4.78, 5) is 22.2. The minimum atomic E-state index is -0.344. The van der Waals surface area contributed by atoms with Crippen molar-refractivity contribution >= 4 is 11.8 Å². The first-order valence-electron chi connectivity index (χ1n) is 5.93. The lowest BCUT2D eigenvalue weighted by Crippen LogP contribution is -2.15. The van der Waals surface area contributed by atoms with Gasteiger partial charge in [0.2, 0.25) is 0 Å². The van der Waals surface area contributed by atoms with Crippen molar-refractivity contribution in [1.29, 1.82) is 0 Å². The van der Waals surface area contributed by atoms with Crippen LogP contribution in [-0.4, -0.2) is 44.3 Å². The molecule has 0 atom stereocenters. The number of hydrogen-bond acceptors (Lipinski definition) is 5. The maximum absolute atomic E-state index is 11.3. The molecule has 0 unspecified atom stereocenters. The van der Waals surface area contributed by atoms with Gasteiger partial charge in [-0.3, -0.25) is 9.59 Å². The van der Waals surface area contributed by atoms with Gasteiger partial charge in [0.25, 0.3) is 0 Å². The molecule has 0 amide bonds. The molecule has 0 fully saturated rings. The highest BCUT2D eigenvalue weighted by Gasteiger charge is 2.07. The molecule has 0 saturated heterocycles. The molecule has 0 bridgehead atoms. The van der Waals surface area contributed by atoms with Crippen LogP contribution < -0.4 is 0 Å². The van der Waals surface area contributed by atoms with Crippen LogP contribution in [0.5, 0.6) is 0 Å². The Balaban J connectivity index is 3.38. The monoisotopic (exact) mass is 246 g/mol. The second-order valence-electron chi connectivity index (χ2n) is 3.82. The number of Topliss-reactive ketones (excluding diaryl/α,β-unsaturated/α-hetero) is 1. The number of ketones is 1. The third kappa shape index (κ3) is 11.3. The van der Waals surface area contributed by atoms with Gasteiger partial charge >= 0.3 is 5.97 Å². The Morgan fingerprint density at radius 3 is 2.41 bits per heavy atom. The first kappa shape index (κ1) is 16.1. The molecule has 0 aromatic heterocycles. The summed E-state index contributed by atoms with van der Waals surface area (Å²) in [6, 6.07) is 0. The van der Waals surface area contributed by atoms with E-state index in [0.29, 0.717) is 19.8 Å². The Morgan fingerprint density at radius 1 is 1.12 bits per heavy atom. The smallest absolute Gasteiger partial charge is 0.306 e. The van der Waals surface area contributed by atoms with Crippen molar-refractivity contribution < 1.29 is 23.8 Å². The lowest BCUT2D eigenvalue weighted by molar-refractivity contribution is -0.144. The van der Waals surface area contributed by atoms with Gasteiger partial charge in [0, 0.05) is 6.42 Å². The van der Waals surface area contributed by atoms with E-state index < -0.39 is 0 Å². The molecular formula is C12H22O5. The summed E-state index contributed by atoms with van der Waals surface area (Å²) < 4.78 is 15.1. The topological polar surface area (TPSA) is 61.8 Å². The third-order valence-electron chi connectivity index (χ3n) is 1.86. The normalized spacial score (nSPS) is 10.6. The van der Waals surface area contributed by atoms with Crippen molar-refractivity contribution in [3.05, 3.63) is 0 Å². The average Bonchev–Trinajstić information content (AvgIpc) is 2.26. The van der Waals surface area contributed by atoms with E-state index >= 15 is 0 Å². The van der Waals surface area contributed by atoms with Crippen LogP contribution in [0.15, 0.2) is 0 Å². The fourth-order valence-corrected chi connectivity index (χ4v) is 1.08. The molecule has 0 spiro atoms. The summed E-state index contributed by atoms with van der Waals surface area (Å²) >= 11 is 0. The van der Waals surface area contributed by atoms with Gasteiger partial charge in [-0.2, -0.15) is 0 Å². The van der Waals surface area contributed by atoms with E-state index in [0.717, 1.165) is 0 Å². The molecule has 0 heterocycles. The second kappa shape index (κ2) is 10.2. The van der Waals surface area contributed by atoms with Crippen molar-refractivity contribution in [1.82, 2.24) is 0 Å². The first-order chi connectivity index (χ1) is 8.06. The number of ether oxygens (including phenoxy) is 3. The third-order valence-corrected chi connectivity index (χ3v) is 1.86. The molecule has 5 nitrogen and oxygen atoms in total. The molecule has 0 radical (unpaired) electrons. The molecule has 0 aliphatic heterocycles. The standard InChI is InChI=1S/C12H22O5/c1-4-16-12(14)6-5-11(13)9-15-7-8-17-10(2)3/h10H,4-9H2,1-3H3. The zero-order valence-corrected chi connectivity index (χ0v) is 10.9. The van der Waals surface area contributed by atoms with E-state index in [4.69, 9.17) is 14.2 Å². The Morgan fingerprint density at radius 2 is 1.82 bits per heavy atom. The van der Waals surface area contributed by atoms with Crippen LogP contribution in [0.3, 0.4) is 0 Å². The van der Waals surface area contributed by atoms with E-state index in [1.165, 1.54) is 0 Å². The zero-order chi connectivity index (χ0) is 13.1. The lowest BCUT2D eigenvalue weighted by atomic mass is 10.2. The minimum Gasteiger partial charge on any atom is -0.466 e. The highest BCUT2D eigenvalue weighted by molar-refractivity contribution is 5.83. The van der Waals surface area contributed by atoms with E-state index in [2.05, 4.69) is 0 Å². The van der Waals surface area contributed by atoms with Crippen LogP contribution >= 0.6 is 0 Å². The van der Waals surface area contributed by atoms with Crippen LogP contribution in [0.2, 0.25) is 0 Å². The second-order valence-corrected chi connectivity index (χ2v) is 3.82. The summed E-state index contributed by atoms with van der Waals surface area (Å²) in [5.41, 5.74) is 0. The van der Waals surface area contributed by atoms with E-state index in [1.54, 1.807) is 6.92 Å². The molecule has 100 valence electrons. The average molecular weight is 246 g/mol. The van der Waals surface area contributed by atoms with Gasteiger partial charge < -0.3 is 14.2 Å². The summed E-state index contributed by atoms with van der Waals surface area (Å²) in [6.45, 7) is 6.84. The van der Waals surface area contributed by atoms with Crippen LogP contribution in [0.4, 0.5) is 0 Å². The molecule has 0 aliphatic carbocycles. The van der Waals surface area contributed by atoms with Gasteiger partial charge in [0.05, 0.1) is 32.3 Å². The SMILES string of the molecule is CCOC(=O)CCC(=O)COCCOC(C)C. The molecule has 0 saturated carbocycles. The van der Waals surface area contributed by atoms with Gasteiger partial charge in [-0.15, -0.1) is 0 Å². The Bertz CT molecular complexity index is 225. The molecule has 0 aromatic rings. The van der Waals surface area contributed by atoms with Gasteiger partial charge in [0.1, 0.15) is 6.61 Å². The van der Waals surface area contributed by atoms with Crippen molar-refractivity contribution in [2.75, 3.05) is 26.4 Å². The van der Waals surface area contributed by atoms with Crippen LogP contribution in [-0.2, 0) is 23.8 Å². The molecule has 0 aliphatic rings. The molecule has 0 N–H and O–H groups in total. The first-order valence-corrected chi connectivity index (χ1v) is 5.93. The molecule has 5 heteroatoms. The molecule has 0 rings (SSSR count). The van der Waals surface area contributed by atoms with Crippen molar-refractivity contribution in [2.45, 2.75) is 39.7 Å². The van der Waals surface area contributed by atoms with Crippen LogP contribution in [0, 0.1) is 0 Å². The van der Waals surface area contributed by atoms with Crippen molar-refractivity contribution in [3.8, 4) is 0 Å². The molecule has 0 aromatic carbocycles. The number of carbonyl (C=O) groups is 2. The summed E-state index contributed by atoms with van der Waals surface area (Å²) in [6.07, 6.45) is 0.459. The van der Waals surface area contributed by atoms with Crippen LogP contribution in [0.1, 0.15) is 33.6 Å². The summed E-state index contributed by atoms with van der Waals surface area (Å²) in [5.74, 6) is -0.438. The molecule has 17 heavy (non-hydrogen) atoms. The van der Waals surface area contributed by atoms with E-state index in [-0.39, 0.29) is 37.3 Å². The Kier molecular flexibility index (Phi) is 9.66. The van der Waals surface area contributed by atoms with Gasteiger partial charge in [-0.1, -0.05) is 0 Å². The highest BCUT2D eigenvalue weighted by atomic mass is 16.5. The predicted molar refractivity (Wildman–Crippen MR) is 62.8 cm³/mol. The number of carbonyl (C=O) groups excluding carboxylic acids is 2.